The van der Waals surface area contributed by atoms with E-state index in [-0.39, 0.29) is 11.5 Å². The predicted octanol–water partition coefficient (Wildman–Crippen LogP) is 3.60. The van der Waals surface area contributed by atoms with Crippen molar-refractivity contribution >= 4 is 17.5 Å². The van der Waals surface area contributed by atoms with Gasteiger partial charge in [-0.2, -0.15) is 0 Å². The number of piperidine rings is 2. The van der Waals surface area contributed by atoms with Crippen LogP contribution in [0.4, 0.5) is 0 Å². The lowest BCUT2D eigenvalue weighted by Gasteiger charge is -2.47. The van der Waals surface area contributed by atoms with Crippen LogP contribution in [0.3, 0.4) is 0 Å². The Kier molecular flexibility index (Phi) is 5.19. The van der Waals surface area contributed by atoms with E-state index in [1.54, 1.807) is 6.92 Å². The van der Waals surface area contributed by atoms with Gasteiger partial charge in [-0.25, -0.2) is 0 Å². The monoisotopic (exact) mass is 425 g/mol. The van der Waals surface area contributed by atoms with E-state index in [0.717, 1.165) is 56.7 Å². The molecule has 0 N–H and O–H groups in total. The molecule has 30 heavy (non-hydrogen) atoms. The van der Waals surface area contributed by atoms with Gasteiger partial charge in [0.1, 0.15) is 0 Å². The molecule has 1 amide bonds. The average Bonchev–Trinajstić information content (AvgIpc) is 2.75. The highest BCUT2D eigenvalue weighted by Gasteiger charge is 2.38. The van der Waals surface area contributed by atoms with Crippen molar-refractivity contribution in [3.8, 4) is 11.1 Å². The molecule has 1 aromatic heterocycles. The standard InChI is InChI=1S/C24H28ClN3O2/c1-16(29)26-10-8-21(9-11-26)27-13-17-12-19(15-27)23-7-6-22(24(30)28(23)14-17)18-2-4-20(25)5-3-18/h2-7,17,19,21H,8-15H2,1H3. The van der Waals surface area contributed by atoms with Crippen LogP contribution in [0.25, 0.3) is 11.1 Å². The number of carbonyl (C=O) groups excluding carboxylic acids is 1. The van der Waals surface area contributed by atoms with Crippen molar-refractivity contribution in [1.82, 2.24) is 14.4 Å². The van der Waals surface area contributed by atoms with E-state index in [9.17, 15) is 9.59 Å². The number of amides is 1. The first-order valence-corrected chi connectivity index (χ1v) is 11.4. The molecular formula is C24H28ClN3O2. The summed E-state index contributed by atoms with van der Waals surface area (Å²) >= 11 is 6.01. The Bertz CT molecular complexity index is 1010. The molecule has 0 spiro atoms. The number of nitrogens with zero attached hydrogens (tertiary/aromatic N) is 3. The molecule has 4 heterocycles. The fourth-order valence-corrected chi connectivity index (χ4v) is 5.80. The molecule has 0 aliphatic carbocycles. The number of carbonyl (C=O) groups is 1. The summed E-state index contributed by atoms with van der Waals surface area (Å²) in [6.07, 6.45) is 3.28. The summed E-state index contributed by atoms with van der Waals surface area (Å²) in [5.74, 6) is 1.12. The van der Waals surface area contributed by atoms with Crippen LogP contribution in [-0.2, 0) is 11.3 Å². The molecule has 5 rings (SSSR count). The summed E-state index contributed by atoms with van der Waals surface area (Å²) in [6, 6.07) is 12.2. The Hall–Kier alpha value is -2.11. The van der Waals surface area contributed by atoms with E-state index in [2.05, 4.69) is 11.0 Å². The maximum Gasteiger partial charge on any atom is 0.258 e. The zero-order valence-corrected chi connectivity index (χ0v) is 18.1. The van der Waals surface area contributed by atoms with Gasteiger partial charge >= 0.3 is 0 Å². The maximum atomic E-state index is 13.3. The molecule has 3 aliphatic rings. The van der Waals surface area contributed by atoms with Gasteiger partial charge in [-0.15, -0.1) is 0 Å². The molecule has 5 nitrogen and oxygen atoms in total. The third-order valence-corrected chi connectivity index (χ3v) is 7.47. The van der Waals surface area contributed by atoms with Crippen molar-refractivity contribution in [2.75, 3.05) is 26.2 Å². The zero-order valence-electron chi connectivity index (χ0n) is 17.4. The molecule has 2 aromatic rings. The number of hydrogen-bond acceptors (Lipinski definition) is 3. The summed E-state index contributed by atoms with van der Waals surface area (Å²) in [5.41, 5.74) is 2.98. The van der Waals surface area contributed by atoms with Crippen LogP contribution in [0.15, 0.2) is 41.2 Å². The van der Waals surface area contributed by atoms with E-state index in [1.807, 2.05) is 39.8 Å². The van der Waals surface area contributed by atoms with Crippen LogP contribution >= 0.6 is 11.6 Å². The Labute approximate surface area is 182 Å². The topological polar surface area (TPSA) is 45.6 Å². The lowest BCUT2D eigenvalue weighted by molar-refractivity contribution is -0.130. The van der Waals surface area contributed by atoms with Gasteiger partial charge in [0.25, 0.3) is 5.56 Å². The minimum atomic E-state index is 0.118. The highest BCUT2D eigenvalue weighted by atomic mass is 35.5. The first kappa shape index (κ1) is 19.8. The van der Waals surface area contributed by atoms with E-state index in [0.29, 0.717) is 22.9 Å². The van der Waals surface area contributed by atoms with Gasteiger partial charge in [-0.3, -0.25) is 14.5 Å². The zero-order chi connectivity index (χ0) is 20.8. The second-order valence-corrected chi connectivity index (χ2v) is 9.52. The summed E-state index contributed by atoms with van der Waals surface area (Å²) in [4.78, 5) is 29.5. The van der Waals surface area contributed by atoms with Gasteiger partial charge in [0.05, 0.1) is 0 Å². The maximum absolute atomic E-state index is 13.3. The van der Waals surface area contributed by atoms with Crippen molar-refractivity contribution in [2.24, 2.45) is 5.92 Å². The van der Waals surface area contributed by atoms with Gasteiger partial charge in [-0.05, 0) is 55.0 Å². The summed E-state index contributed by atoms with van der Waals surface area (Å²) < 4.78 is 2.03. The number of halogens is 1. The minimum absolute atomic E-state index is 0.118. The molecule has 6 heteroatoms. The molecule has 3 aliphatic heterocycles. The summed E-state index contributed by atoms with van der Waals surface area (Å²) in [6.45, 7) is 6.27. The summed E-state index contributed by atoms with van der Waals surface area (Å²) in [7, 11) is 0. The summed E-state index contributed by atoms with van der Waals surface area (Å²) in [5, 5.41) is 0.681. The third kappa shape index (κ3) is 3.58. The van der Waals surface area contributed by atoms with Crippen LogP contribution in [0.2, 0.25) is 5.02 Å². The fraction of sp³-hybridized carbons (Fsp3) is 0.500. The number of hydrogen-bond donors (Lipinski definition) is 0. The SMILES string of the molecule is CC(=O)N1CCC(N2CC3CC(C2)c2ccc(-c4ccc(Cl)cc4)c(=O)n2C3)CC1. The Morgan fingerprint density at radius 1 is 1.00 bits per heavy atom. The van der Waals surface area contributed by atoms with E-state index in [4.69, 9.17) is 11.6 Å². The fourth-order valence-electron chi connectivity index (χ4n) is 5.68. The largest absolute Gasteiger partial charge is 0.343 e. The number of benzene rings is 1. The first-order chi connectivity index (χ1) is 14.5. The highest BCUT2D eigenvalue weighted by molar-refractivity contribution is 6.30. The molecule has 2 saturated heterocycles. The lowest BCUT2D eigenvalue weighted by Crippen LogP contribution is -2.53. The molecule has 2 unspecified atom stereocenters. The van der Waals surface area contributed by atoms with Crippen LogP contribution in [-0.4, -0.2) is 52.5 Å². The molecule has 2 fully saturated rings. The number of rotatable bonds is 2. The smallest absolute Gasteiger partial charge is 0.258 e. The minimum Gasteiger partial charge on any atom is -0.343 e. The second kappa shape index (κ2) is 7.86. The van der Waals surface area contributed by atoms with Crippen molar-refractivity contribution in [3.05, 3.63) is 57.5 Å². The number of aromatic nitrogens is 1. The van der Waals surface area contributed by atoms with E-state index >= 15 is 0 Å². The molecular weight excluding hydrogens is 398 g/mol. The van der Waals surface area contributed by atoms with Crippen LogP contribution in [0.1, 0.15) is 37.8 Å². The second-order valence-electron chi connectivity index (χ2n) is 9.08. The van der Waals surface area contributed by atoms with Crippen molar-refractivity contribution < 1.29 is 4.79 Å². The van der Waals surface area contributed by atoms with Crippen LogP contribution in [0, 0.1) is 5.92 Å². The average molecular weight is 426 g/mol. The first-order valence-electron chi connectivity index (χ1n) is 11.0. The molecule has 1 aromatic carbocycles. The number of pyridine rings is 1. The molecule has 0 saturated carbocycles. The van der Waals surface area contributed by atoms with E-state index in [1.165, 1.54) is 12.1 Å². The van der Waals surface area contributed by atoms with Crippen LogP contribution in [0.5, 0.6) is 0 Å². The number of likely N-dealkylation sites (tertiary alicyclic amines) is 2. The molecule has 2 atom stereocenters. The van der Waals surface area contributed by atoms with Gasteiger partial charge in [-0.1, -0.05) is 23.7 Å². The van der Waals surface area contributed by atoms with E-state index < -0.39 is 0 Å². The highest BCUT2D eigenvalue weighted by Crippen LogP contribution is 2.37. The molecule has 0 radical (unpaired) electrons. The van der Waals surface area contributed by atoms with Gasteiger partial charge < -0.3 is 9.47 Å². The Morgan fingerprint density at radius 2 is 1.73 bits per heavy atom. The third-order valence-electron chi connectivity index (χ3n) is 7.21. The van der Waals surface area contributed by atoms with Crippen molar-refractivity contribution in [1.29, 1.82) is 0 Å². The Balaban J connectivity index is 1.37. The normalized spacial score (nSPS) is 24.5. The Morgan fingerprint density at radius 3 is 2.43 bits per heavy atom. The van der Waals surface area contributed by atoms with Crippen LogP contribution < -0.4 is 5.56 Å². The van der Waals surface area contributed by atoms with Gasteiger partial charge in [0.2, 0.25) is 5.91 Å². The lowest BCUT2D eigenvalue weighted by atomic mass is 9.81. The quantitative estimate of drug-likeness (QED) is 0.738. The van der Waals surface area contributed by atoms with Gasteiger partial charge in [0.15, 0.2) is 0 Å². The van der Waals surface area contributed by atoms with Crippen molar-refractivity contribution in [2.45, 2.75) is 44.7 Å². The molecule has 2 bridgehead atoms. The predicted molar refractivity (Wildman–Crippen MR) is 119 cm³/mol. The number of fused-ring (bicyclic) bond motifs is 4. The van der Waals surface area contributed by atoms with Gasteiger partial charge in [0, 0.05) is 67.9 Å². The van der Waals surface area contributed by atoms with Crippen molar-refractivity contribution in [3.63, 3.8) is 0 Å². The molecule has 158 valence electrons.